The first-order chi connectivity index (χ1) is 8.86. The van der Waals surface area contributed by atoms with E-state index in [0.29, 0.717) is 0 Å². The van der Waals surface area contributed by atoms with Crippen LogP contribution in [0.4, 0.5) is 14.9 Å². The summed E-state index contributed by atoms with van der Waals surface area (Å²) in [5.74, 6) is -1.99. The number of amides is 2. The average Bonchev–Trinajstić information content (AvgIpc) is 2.38. The summed E-state index contributed by atoms with van der Waals surface area (Å²) in [6.45, 7) is 3.82. The fraction of sp³-hybridized carbons (Fsp3) is 0.385. The molecular weight excluding hydrogens is 251 g/mol. The second-order valence-corrected chi connectivity index (χ2v) is 4.30. The molecule has 1 unspecified atom stereocenters. The lowest BCUT2D eigenvalue weighted by atomic mass is 10.2. The lowest BCUT2D eigenvalue weighted by Crippen LogP contribution is -2.38. The molecule has 1 atom stereocenters. The van der Waals surface area contributed by atoms with Crippen LogP contribution in [0.3, 0.4) is 0 Å². The van der Waals surface area contributed by atoms with Gasteiger partial charge in [0.1, 0.15) is 5.82 Å². The number of urea groups is 1. The zero-order valence-electron chi connectivity index (χ0n) is 11.1. The molecule has 0 fully saturated rings. The fourth-order valence-corrected chi connectivity index (χ4v) is 1.43. The van der Waals surface area contributed by atoms with Gasteiger partial charge in [0, 0.05) is 13.1 Å². The number of aromatic carboxylic acids is 1. The van der Waals surface area contributed by atoms with Crippen LogP contribution in [-0.4, -0.2) is 35.1 Å². The molecule has 6 heteroatoms. The molecule has 0 aromatic heterocycles. The van der Waals surface area contributed by atoms with E-state index >= 15 is 0 Å². The Kier molecular flexibility index (Phi) is 4.86. The summed E-state index contributed by atoms with van der Waals surface area (Å²) < 4.78 is 13.6. The van der Waals surface area contributed by atoms with Gasteiger partial charge >= 0.3 is 12.0 Å². The van der Waals surface area contributed by atoms with E-state index in [9.17, 15) is 14.0 Å². The first-order valence-corrected chi connectivity index (χ1v) is 5.93. The first kappa shape index (κ1) is 14.9. The summed E-state index contributed by atoms with van der Waals surface area (Å²) in [4.78, 5) is 23.9. The van der Waals surface area contributed by atoms with Gasteiger partial charge in [-0.1, -0.05) is 6.92 Å². The third-order valence-corrected chi connectivity index (χ3v) is 3.03. The Bertz CT molecular complexity index is 491. The van der Waals surface area contributed by atoms with Gasteiger partial charge in [-0.25, -0.2) is 14.0 Å². The highest BCUT2D eigenvalue weighted by atomic mass is 19.1. The number of nitrogens with zero attached hydrogens (tertiary/aromatic N) is 1. The third kappa shape index (κ3) is 3.67. The van der Waals surface area contributed by atoms with Crippen molar-refractivity contribution in [2.24, 2.45) is 0 Å². The normalized spacial score (nSPS) is 11.8. The summed E-state index contributed by atoms with van der Waals surface area (Å²) >= 11 is 0. The predicted octanol–water partition coefficient (Wildman–Crippen LogP) is 2.79. The zero-order chi connectivity index (χ0) is 14.6. The van der Waals surface area contributed by atoms with Gasteiger partial charge in [-0.15, -0.1) is 0 Å². The standard InChI is InChI=1S/C13H17FN2O3/c1-4-8(2)16(3)13(19)15-11-6-5-9(12(17)18)7-10(11)14/h5-8H,4H2,1-3H3,(H,15,19)(H,17,18). The molecule has 1 aromatic rings. The van der Waals surface area contributed by atoms with Gasteiger partial charge in [-0.2, -0.15) is 0 Å². The second kappa shape index (κ2) is 6.17. The molecule has 0 saturated carbocycles. The van der Waals surface area contributed by atoms with Gasteiger partial charge in [0.05, 0.1) is 11.3 Å². The lowest BCUT2D eigenvalue weighted by molar-refractivity contribution is 0.0696. The Hall–Kier alpha value is -2.11. The number of nitrogens with one attached hydrogen (secondary N) is 1. The van der Waals surface area contributed by atoms with E-state index in [0.717, 1.165) is 12.5 Å². The first-order valence-electron chi connectivity index (χ1n) is 5.93. The van der Waals surface area contributed by atoms with Crippen molar-refractivity contribution in [3.05, 3.63) is 29.6 Å². The zero-order valence-corrected chi connectivity index (χ0v) is 11.1. The SMILES string of the molecule is CCC(C)N(C)C(=O)Nc1ccc(C(=O)O)cc1F. The number of carbonyl (C=O) groups excluding carboxylic acids is 1. The minimum atomic E-state index is -1.21. The minimum absolute atomic E-state index is 0.0290. The van der Waals surface area contributed by atoms with E-state index in [-0.39, 0.29) is 17.3 Å². The molecule has 1 aromatic carbocycles. The Morgan fingerprint density at radius 2 is 2.11 bits per heavy atom. The maximum absolute atomic E-state index is 13.6. The van der Waals surface area contributed by atoms with Crippen molar-refractivity contribution in [3.8, 4) is 0 Å². The molecule has 0 heterocycles. The molecule has 0 spiro atoms. The van der Waals surface area contributed by atoms with Gasteiger partial charge in [0.25, 0.3) is 0 Å². The fourth-order valence-electron chi connectivity index (χ4n) is 1.43. The van der Waals surface area contributed by atoms with Crippen LogP contribution < -0.4 is 5.32 Å². The number of hydrogen-bond acceptors (Lipinski definition) is 2. The van der Waals surface area contributed by atoms with Gasteiger partial charge < -0.3 is 15.3 Å². The van der Waals surface area contributed by atoms with Gasteiger partial charge in [0.2, 0.25) is 0 Å². The summed E-state index contributed by atoms with van der Waals surface area (Å²) in [5, 5.41) is 11.1. The Balaban J connectivity index is 2.83. The van der Waals surface area contributed by atoms with Gasteiger partial charge in [0.15, 0.2) is 0 Å². The van der Waals surface area contributed by atoms with Crippen molar-refractivity contribution < 1.29 is 19.1 Å². The highest BCUT2D eigenvalue weighted by molar-refractivity contribution is 5.91. The van der Waals surface area contributed by atoms with Crippen LogP contribution in [0, 0.1) is 5.82 Å². The number of halogens is 1. The number of benzene rings is 1. The maximum Gasteiger partial charge on any atom is 0.335 e. The van der Waals surface area contributed by atoms with Crippen LogP contribution in [0.15, 0.2) is 18.2 Å². The van der Waals surface area contributed by atoms with Crippen molar-refractivity contribution in [1.29, 1.82) is 0 Å². The van der Waals surface area contributed by atoms with E-state index in [4.69, 9.17) is 5.11 Å². The van der Waals surface area contributed by atoms with E-state index < -0.39 is 17.8 Å². The summed E-state index contributed by atoms with van der Waals surface area (Å²) in [6.07, 6.45) is 0.782. The minimum Gasteiger partial charge on any atom is -0.478 e. The van der Waals surface area contributed by atoms with E-state index in [1.165, 1.54) is 17.0 Å². The third-order valence-electron chi connectivity index (χ3n) is 3.03. The van der Waals surface area contributed by atoms with Gasteiger partial charge in [-0.05, 0) is 31.5 Å². The van der Waals surface area contributed by atoms with Crippen LogP contribution >= 0.6 is 0 Å². The Labute approximate surface area is 111 Å². The molecule has 1 rings (SSSR count). The molecule has 2 amide bonds. The largest absolute Gasteiger partial charge is 0.478 e. The lowest BCUT2D eigenvalue weighted by Gasteiger charge is -2.24. The summed E-state index contributed by atoms with van der Waals surface area (Å²) in [6, 6.07) is 2.95. The molecule has 2 N–H and O–H groups in total. The summed E-state index contributed by atoms with van der Waals surface area (Å²) in [5.41, 5.74) is -0.198. The monoisotopic (exact) mass is 268 g/mol. The van der Waals surface area contributed by atoms with Crippen molar-refractivity contribution in [3.63, 3.8) is 0 Å². The van der Waals surface area contributed by atoms with Crippen molar-refractivity contribution in [1.82, 2.24) is 4.90 Å². The molecule has 0 radical (unpaired) electrons. The highest BCUT2D eigenvalue weighted by Crippen LogP contribution is 2.16. The molecule has 0 aliphatic heterocycles. The van der Waals surface area contributed by atoms with Crippen LogP contribution in [-0.2, 0) is 0 Å². The van der Waals surface area contributed by atoms with Crippen LogP contribution in [0.25, 0.3) is 0 Å². The van der Waals surface area contributed by atoms with Gasteiger partial charge in [-0.3, -0.25) is 0 Å². The number of rotatable bonds is 4. The molecule has 104 valence electrons. The smallest absolute Gasteiger partial charge is 0.335 e. The molecule has 5 nitrogen and oxygen atoms in total. The number of carbonyl (C=O) groups is 2. The number of hydrogen-bond donors (Lipinski definition) is 2. The maximum atomic E-state index is 13.6. The molecule has 0 saturated heterocycles. The average molecular weight is 268 g/mol. The Morgan fingerprint density at radius 1 is 1.47 bits per heavy atom. The highest BCUT2D eigenvalue weighted by Gasteiger charge is 2.16. The summed E-state index contributed by atoms with van der Waals surface area (Å²) in [7, 11) is 1.62. The van der Waals surface area contributed by atoms with Crippen LogP contribution in [0.5, 0.6) is 0 Å². The number of carboxylic acids is 1. The molecule has 0 aliphatic rings. The second-order valence-electron chi connectivity index (χ2n) is 4.30. The molecule has 0 bridgehead atoms. The molecular formula is C13H17FN2O3. The van der Waals surface area contributed by atoms with E-state index in [1.807, 2.05) is 13.8 Å². The van der Waals surface area contributed by atoms with Crippen molar-refractivity contribution in [2.45, 2.75) is 26.3 Å². The topological polar surface area (TPSA) is 69.6 Å². The van der Waals surface area contributed by atoms with E-state index in [1.54, 1.807) is 7.05 Å². The van der Waals surface area contributed by atoms with Crippen molar-refractivity contribution in [2.75, 3.05) is 12.4 Å². The Morgan fingerprint density at radius 3 is 2.58 bits per heavy atom. The van der Waals surface area contributed by atoms with Crippen LogP contribution in [0.2, 0.25) is 0 Å². The van der Waals surface area contributed by atoms with E-state index in [2.05, 4.69) is 5.32 Å². The van der Waals surface area contributed by atoms with Crippen molar-refractivity contribution >= 4 is 17.7 Å². The number of carboxylic acid groups (broad SMARTS) is 1. The molecule has 19 heavy (non-hydrogen) atoms. The number of anilines is 1. The predicted molar refractivity (Wildman–Crippen MR) is 69.9 cm³/mol. The molecule has 0 aliphatic carbocycles. The quantitative estimate of drug-likeness (QED) is 0.882. The van der Waals surface area contributed by atoms with Crippen LogP contribution in [0.1, 0.15) is 30.6 Å².